The molecule has 0 saturated heterocycles. The number of halogens is 1. The summed E-state index contributed by atoms with van der Waals surface area (Å²) in [6.07, 6.45) is 2.25. The smallest absolute Gasteiger partial charge is 0.239 e. The maximum atomic E-state index is 11.5. The van der Waals surface area contributed by atoms with Crippen LogP contribution in [-0.4, -0.2) is 18.5 Å². The van der Waals surface area contributed by atoms with E-state index in [0.717, 1.165) is 23.0 Å². The van der Waals surface area contributed by atoms with E-state index in [0.29, 0.717) is 12.6 Å². The van der Waals surface area contributed by atoms with Gasteiger partial charge in [0.2, 0.25) is 5.91 Å². The first-order chi connectivity index (χ1) is 7.65. The third kappa shape index (κ3) is 3.23. The van der Waals surface area contributed by atoms with Gasteiger partial charge in [0.15, 0.2) is 0 Å². The summed E-state index contributed by atoms with van der Waals surface area (Å²) in [5, 5.41) is 6.07. The average molecular weight is 283 g/mol. The Labute approximate surface area is 104 Å². The van der Waals surface area contributed by atoms with Crippen molar-refractivity contribution in [1.29, 1.82) is 0 Å². The maximum absolute atomic E-state index is 11.5. The van der Waals surface area contributed by atoms with Crippen molar-refractivity contribution in [3.63, 3.8) is 0 Å². The van der Waals surface area contributed by atoms with Crippen molar-refractivity contribution in [2.24, 2.45) is 0 Å². The highest BCUT2D eigenvalue weighted by molar-refractivity contribution is 9.10. The molecule has 1 aliphatic carbocycles. The Kier molecular flexibility index (Phi) is 3.49. The van der Waals surface area contributed by atoms with Gasteiger partial charge in [-0.05, 0) is 53.4 Å². The molecule has 0 aliphatic heterocycles. The second kappa shape index (κ2) is 4.87. The molecular formula is C12H15BrN2O. The lowest BCUT2D eigenvalue weighted by Gasteiger charge is -2.09. The molecule has 1 fully saturated rings. The van der Waals surface area contributed by atoms with E-state index in [2.05, 4.69) is 26.6 Å². The fraction of sp³-hybridized carbons (Fsp3) is 0.417. The SMILES string of the molecule is Cc1ccc(Br)c(NCC(=O)NC2CC2)c1. The van der Waals surface area contributed by atoms with Crippen molar-refractivity contribution in [1.82, 2.24) is 5.32 Å². The van der Waals surface area contributed by atoms with Gasteiger partial charge in [0.1, 0.15) is 0 Å². The Balaban J connectivity index is 1.87. The molecule has 0 atom stereocenters. The summed E-state index contributed by atoms with van der Waals surface area (Å²) in [4.78, 5) is 11.5. The van der Waals surface area contributed by atoms with Gasteiger partial charge in [-0.1, -0.05) is 6.07 Å². The van der Waals surface area contributed by atoms with Crippen molar-refractivity contribution in [3.8, 4) is 0 Å². The topological polar surface area (TPSA) is 41.1 Å². The van der Waals surface area contributed by atoms with Crippen LogP contribution in [0.3, 0.4) is 0 Å². The molecule has 16 heavy (non-hydrogen) atoms. The summed E-state index contributed by atoms with van der Waals surface area (Å²) in [7, 11) is 0. The third-order valence-electron chi connectivity index (χ3n) is 2.50. The van der Waals surface area contributed by atoms with E-state index in [1.807, 2.05) is 25.1 Å². The van der Waals surface area contributed by atoms with Gasteiger partial charge in [0, 0.05) is 16.2 Å². The quantitative estimate of drug-likeness (QED) is 0.891. The molecule has 2 N–H and O–H groups in total. The predicted molar refractivity (Wildman–Crippen MR) is 68.5 cm³/mol. The van der Waals surface area contributed by atoms with Crippen molar-refractivity contribution < 1.29 is 4.79 Å². The first kappa shape index (κ1) is 11.5. The lowest BCUT2D eigenvalue weighted by atomic mass is 10.2. The molecule has 0 unspecified atom stereocenters. The number of hydrogen-bond acceptors (Lipinski definition) is 2. The summed E-state index contributed by atoms with van der Waals surface area (Å²) < 4.78 is 0.984. The summed E-state index contributed by atoms with van der Waals surface area (Å²) in [5.41, 5.74) is 2.14. The van der Waals surface area contributed by atoms with E-state index in [1.165, 1.54) is 5.56 Å². The highest BCUT2D eigenvalue weighted by atomic mass is 79.9. The largest absolute Gasteiger partial charge is 0.375 e. The van der Waals surface area contributed by atoms with Crippen LogP contribution in [0.25, 0.3) is 0 Å². The number of aryl methyl sites for hydroxylation is 1. The monoisotopic (exact) mass is 282 g/mol. The summed E-state index contributed by atoms with van der Waals surface area (Å²) >= 11 is 3.45. The molecule has 1 amide bonds. The molecule has 86 valence electrons. The van der Waals surface area contributed by atoms with Crippen LogP contribution in [0.4, 0.5) is 5.69 Å². The van der Waals surface area contributed by atoms with E-state index in [4.69, 9.17) is 0 Å². The zero-order valence-corrected chi connectivity index (χ0v) is 10.8. The molecule has 4 heteroatoms. The Hall–Kier alpha value is -1.03. The van der Waals surface area contributed by atoms with Crippen molar-refractivity contribution in [3.05, 3.63) is 28.2 Å². The van der Waals surface area contributed by atoms with Gasteiger partial charge in [-0.25, -0.2) is 0 Å². The van der Waals surface area contributed by atoms with Gasteiger partial charge >= 0.3 is 0 Å². The molecule has 1 aromatic carbocycles. The zero-order valence-electron chi connectivity index (χ0n) is 9.22. The van der Waals surface area contributed by atoms with Crippen molar-refractivity contribution in [2.75, 3.05) is 11.9 Å². The molecule has 0 heterocycles. The molecular weight excluding hydrogens is 268 g/mol. The molecule has 0 bridgehead atoms. The van der Waals surface area contributed by atoms with Crippen LogP contribution in [0.1, 0.15) is 18.4 Å². The molecule has 0 radical (unpaired) electrons. The molecule has 2 rings (SSSR count). The van der Waals surface area contributed by atoms with E-state index >= 15 is 0 Å². The standard InChI is InChI=1S/C12H15BrN2O/c1-8-2-5-10(13)11(6-8)14-7-12(16)15-9-3-4-9/h2,5-6,9,14H,3-4,7H2,1H3,(H,15,16). The van der Waals surface area contributed by atoms with Gasteiger partial charge in [-0.3, -0.25) is 4.79 Å². The molecule has 3 nitrogen and oxygen atoms in total. The van der Waals surface area contributed by atoms with Crippen molar-refractivity contribution in [2.45, 2.75) is 25.8 Å². The summed E-state index contributed by atoms with van der Waals surface area (Å²) in [6, 6.07) is 6.46. The first-order valence-electron chi connectivity index (χ1n) is 5.44. The molecule has 1 saturated carbocycles. The normalized spacial score (nSPS) is 14.6. The van der Waals surface area contributed by atoms with Crippen molar-refractivity contribution >= 4 is 27.5 Å². The predicted octanol–water partition coefficient (Wildman–Crippen LogP) is 2.45. The lowest BCUT2D eigenvalue weighted by Crippen LogP contribution is -2.31. The van der Waals surface area contributed by atoms with Crippen LogP contribution in [0.15, 0.2) is 22.7 Å². The second-order valence-electron chi connectivity index (χ2n) is 4.18. The minimum Gasteiger partial charge on any atom is -0.375 e. The van der Waals surface area contributed by atoms with Crippen LogP contribution in [0, 0.1) is 6.92 Å². The minimum absolute atomic E-state index is 0.0657. The zero-order chi connectivity index (χ0) is 11.5. The minimum atomic E-state index is 0.0657. The Morgan fingerprint density at radius 1 is 1.50 bits per heavy atom. The van der Waals surface area contributed by atoms with Gasteiger partial charge in [0.05, 0.1) is 6.54 Å². The number of rotatable bonds is 4. The highest BCUT2D eigenvalue weighted by Crippen LogP contribution is 2.23. The number of amides is 1. The number of carbonyl (C=O) groups is 1. The first-order valence-corrected chi connectivity index (χ1v) is 6.24. The number of anilines is 1. The maximum Gasteiger partial charge on any atom is 0.239 e. The van der Waals surface area contributed by atoms with E-state index in [-0.39, 0.29) is 5.91 Å². The van der Waals surface area contributed by atoms with Crippen LogP contribution in [-0.2, 0) is 4.79 Å². The summed E-state index contributed by atoms with van der Waals surface area (Å²) in [6.45, 7) is 2.36. The third-order valence-corrected chi connectivity index (χ3v) is 3.20. The van der Waals surface area contributed by atoms with E-state index in [9.17, 15) is 4.79 Å². The number of carbonyl (C=O) groups excluding carboxylic acids is 1. The second-order valence-corrected chi connectivity index (χ2v) is 5.03. The Morgan fingerprint density at radius 2 is 2.25 bits per heavy atom. The van der Waals surface area contributed by atoms with E-state index < -0.39 is 0 Å². The number of nitrogens with one attached hydrogen (secondary N) is 2. The van der Waals surface area contributed by atoms with Crippen LogP contribution in [0.5, 0.6) is 0 Å². The fourth-order valence-electron chi connectivity index (χ4n) is 1.46. The van der Waals surface area contributed by atoms with Gasteiger partial charge in [0.25, 0.3) is 0 Å². The Morgan fingerprint density at radius 3 is 2.94 bits per heavy atom. The van der Waals surface area contributed by atoms with Gasteiger partial charge in [-0.15, -0.1) is 0 Å². The summed E-state index contributed by atoms with van der Waals surface area (Å²) in [5.74, 6) is 0.0657. The molecule has 1 aliphatic rings. The molecule has 0 aromatic heterocycles. The highest BCUT2D eigenvalue weighted by Gasteiger charge is 2.22. The van der Waals surface area contributed by atoms with Crippen LogP contribution >= 0.6 is 15.9 Å². The molecule has 0 spiro atoms. The lowest BCUT2D eigenvalue weighted by molar-refractivity contribution is -0.119. The number of hydrogen-bond donors (Lipinski definition) is 2. The fourth-order valence-corrected chi connectivity index (χ4v) is 1.84. The Bertz CT molecular complexity index is 402. The van der Waals surface area contributed by atoms with Crippen LogP contribution in [0.2, 0.25) is 0 Å². The van der Waals surface area contributed by atoms with Gasteiger partial charge in [-0.2, -0.15) is 0 Å². The molecule has 1 aromatic rings. The average Bonchev–Trinajstić information content (AvgIpc) is 3.03. The van der Waals surface area contributed by atoms with E-state index in [1.54, 1.807) is 0 Å². The van der Waals surface area contributed by atoms with Gasteiger partial charge < -0.3 is 10.6 Å². The number of benzene rings is 1. The van der Waals surface area contributed by atoms with Crippen LogP contribution < -0.4 is 10.6 Å².